The Morgan fingerprint density at radius 1 is 0.811 bits per heavy atom. The van der Waals surface area contributed by atoms with Gasteiger partial charge in [-0.1, -0.05) is 122 Å². The Morgan fingerprint density at radius 2 is 1.49 bits per heavy atom. The molecule has 0 saturated heterocycles. The molecule has 1 aromatic heterocycles. The Labute approximate surface area is 228 Å². The number of nitriles is 1. The highest BCUT2D eigenvalue weighted by Gasteiger charge is 2.22. The maximum Gasteiger partial charge on any atom is 0.144 e. The number of rotatable bonds is 16. The van der Waals surface area contributed by atoms with Gasteiger partial charge in [-0.05, 0) is 73.5 Å². The number of aromatic nitrogens is 1. The smallest absolute Gasteiger partial charge is 0.144 e. The summed E-state index contributed by atoms with van der Waals surface area (Å²) >= 11 is 0. The van der Waals surface area contributed by atoms with Gasteiger partial charge in [0, 0.05) is 5.56 Å². The van der Waals surface area contributed by atoms with Crippen LogP contribution in [0.2, 0.25) is 0 Å². The van der Waals surface area contributed by atoms with Crippen LogP contribution >= 0.6 is 0 Å². The van der Waals surface area contributed by atoms with Crippen LogP contribution in [0.3, 0.4) is 0 Å². The fourth-order valence-corrected chi connectivity index (χ4v) is 6.09. The maximum atomic E-state index is 9.73. The van der Waals surface area contributed by atoms with Crippen LogP contribution in [-0.4, -0.2) is 4.98 Å². The summed E-state index contributed by atoms with van der Waals surface area (Å²) < 4.78 is 0. The van der Waals surface area contributed by atoms with E-state index in [-0.39, 0.29) is 0 Å². The van der Waals surface area contributed by atoms with E-state index in [1.807, 2.05) is 0 Å². The van der Waals surface area contributed by atoms with Crippen LogP contribution in [0.25, 0.3) is 11.3 Å². The topological polar surface area (TPSA) is 36.7 Å². The molecule has 1 saturated carbocycles. The number of benzene rings is 1. The first-order valence-electron chi connectivity index (χ1n) is 15.6. The first kappa shape index (κ1) is 29.4. The second kappa shape index (κ2) is 16.7. The van der Waals surface area contributed by atoms with Gasteiger partial charge in [0.25, 0.3) is 0 Å². The SMILES string of the molecule is CCCCCCCC1CCC(c2ccc(-c3ccc(CCCCCCCC(C)C)c(C#N)n3)cc2)CC1. The second-order valence-corrected chi connectivity index (χ2v) is 12.1. The van der Waals surface area contributed by atoms with Gasteiger partial charge in [0.05, 0.1) is 5.69 Å². The molecule has 0 spiro atoms. The zero-order valence-electron chi connectivity index (χ0n) is 24.1. The molecule has 0 atom stereocenters. The molecule has 1 aliphatic rings. The lowest BCUT2D eigenvalue weighted by Gasteiger charge is -2.29. The van der Waals surface area contributed by atoms with Gasteiger partial charge in [-0.3, -0.25) is 0 Å². The van der Waals surface area contributed by atoms with E-state index in [9.17, 15) is 5.26 Å². The Hall–Kier alpha value is -2.14. The lowest BCUT2D eigenvalue weighted by Crippen LogP contribution is -2.13. The predicted molar refractivity (Wildman–Crippen MR) is 159 cm³/mol. The van der Waals surface area contributed by atoms with Gasteiger partial charge in [-0.25, -0.2) is 4.98 Å². The Kier molecular flexibility index (Phi) is 13.2. The number of aryl methyl sites for hydroxylation is 1. The average Bonchev–Trinajstić information content (AvgIpc) is 2.93. The molecule has 0 bridgehead atoms. The molecule has 3 rings (SSSR count). The third-order valence-corrected chi connectivity index (χ3v) is 8.55. The molecule has 1 heterocycles. The summed E-state index contributed by atoms with van der Waals surface area (Å²) in [5.41, 5.74) is 5.24. The van der Waals surface area contributed by atoms with E-state index < -0.39 is 0 Å². The highest BCUT2D eigenvalue weighted by atomic mass is 14.7. The Morgan fingerprint density at radius 3 is 2.19 bits per heavy atom. The van der Waals surface area contributed by atoms with E-state index in [4.69, 9.17) is 4.98 Å². The van der Waals surface area contributed by atoms with Crippen molar-refractivity contribution in [3.05, 3.63) is 53.2 Å². The van der Waals surface area contributed by atoms with Crippen LogP contribution in [0.5, 0.6) is 0 Å². The highest BCUT2D eigenvalue weighted by molar-refractivity contribution is 5.61. The molecule has 1 aromatic carbocycles. The van der Waals surface area contributed by atoms with E-state index in [1.165, 1.54) is 102 Å². The first-order valence-corrected chi connectivity index (χ1v) is 15.6. The fourth-order valence-electron chi connectivity index (χ4n) is 6.09. The van der Waals surface area contributed by atoms with Crippen LogP contribution in [0.1, 0.15) is 146 Å². The summed E-state index contributed by atoms with van der Waals surface area (Å²) in [5.74, 6) is 2.48. The summed E-state index contributed by atoms with van der Waals surface area (Å²) in [6.07, 6.45) is 22.6. The number of hydrogen-bond acceptors (Lipinski definition) is 2. The minimum atomic E-state index is 0.606. The van der Waals surface area contributed by atoms with Crippen LogP contribution in [0.15, 0.2) is 36.4 Å². The standard InChI is InChI=1S/C35H52N2/c1-4-5-6-8-12-15-29-17-19-30(20-18-29)31-21-23-33(24-22-31)34-26-25-32(35(27-36)37-34)16-13-10-7-9-11-14-28(2)3/h21-26,28-30H,4-20H2,1-3H3. The van der Waals surface area contributed by atoms with Crippen molar-refractivity contribution in [2.24, 2.45) is 11.8 Å². The number of pyridine rings is 1. The molecule has 2 aromatic rings. The summed E-state index contributed by atoms with van der Waals surface area (Å²) in [5, 5.41) is 9.73. The number of hydrogen-bond donors (Lipinski definition) is 0. The van der Waals surface area contributed by atoms with Crippen LogP contribution in [-0.2, 0) is 6.42 Å². The third-order valence-electron chi connectivity index (χ3n) is 8.55. The van der Waals surface area contributed by atoms with Crippen LogP contribution in [0, 0.1) is 23.2 Å². The van der Waals surface area contributed by atoms with Crippen LogP contribution in [0.4, 0.5) is 0 Å². The fraction of sp³-hybridized carbons (Fsp3) is 0.657. The van der Waals surface area contributed by atoms with Crippen molar-refractivity contribution in [2.75, 3.05) is 0 Å². The van der Waals surface area contributed by atoms with E-state index in [0.29, 0.717) is 11.6 Å². The summed E-state index contributed by atoms with van der Waals surface area (Å²) in [7, 11) is 0. The predicted octanol–water partition coefficient (Wildman–Crippen LogP) is 10.8. The van der Waals surface area contributed by atoms with Crippen molar-refractivity contribution in [3.8, 4) is 17.3 Å². The van der Waals surface area contributed by atoms with E-state index >= 15 is 0 Å². The quantitative estimate of drug-likeness (QED) is 0.215. The second-order valence-electron chi connectivity index (χ2n) is 12.1. The summed E-state index contributed by atoms with van der Waals surface area (Å²) in [4.78, 5) is 4.75. The lowest BCUT2D eigenvalue weighted by molar-refractivity contribution is 0.302. The summed E-state index contributed by atoms with van der Waals surface area (Å²) in [6, 6.07) is 15.7. The van der Waals surface area contributed by atoms with Gasteiger partial charge < -0.3 is 0 Å². The monoisotopic (exact) mass is 500 g/mol. The van der Waals surface area contributed by atoms with Crippen molar-refractivity contribution in [3.63, 3.8) is 0 Å². The van der Waals surface area contributed by atoms with E-state index in [1.54, 1.807) is 0 Å². The molecule has 0 amide bonds. The normalized spacial score (nSPS) is 17.7. The minimum Gasteiger partial charge on any atom is -0.237 e. The summed E-state index contributed by atoms with van der Waals surface area (Å²) in [6.45, 7) is 6.90. The van der Waals surface area contributed by atoms with Crippen molar-refractivity contribution < 1.29 is 0 Å². The molecule has 0 N–H and O–H groups in total. The third kappa shape index (κ3) is 10.3. The van der Waals surface area contributed by atoms with E-state index in [2.05, 4.69) is 63.2 Å². The van der Waals surface area contributed by atoms with Gasteiger partial charge in [0.2, 0.25) is 0 Å². The highest BCUT2D eigenvalue weighted by Crippen LogP contribution is 2.38. The zero-order chi connectivity index (χ0) is 26.3. The number of nitrogens with zero attached hydrogens (tertiary/aromatic N) is 2. The molecule has 1 aliphatic carbocycles. The van der Waals surface area contributed by atoms with Crippen molar-refractivity contribution in [1.82, 2.24) is 4.98 Å². The van der Waals surface area contributed by atoms with Gasteiger partial charge in [-0.2, -0.15) is 5.26 Å². The molecule has 0 unspecified atom stereocenters. The Balaban J connectivity index is 1.45. The van der Waals surface area contributed by atoms with Gasteiger partial charge in [-0.15, -0.1) is 0 Å². The molecule has 37 heavy (non-hydrogen) atoms. The van der Waals surface area contributed by atoms with E-state index in [0.717, 1.165) is 41.5 Å². The molecular formula is C35H52N2. The number of unbranched alkanes of at least 4 members (excludes halogenated alkanes) is 8. The Bertz CT molecular complexity index is 929. The molecular weight excluding hydrogens is 448 g/mol. The van der Waals surface area contributed by atoms with Gasteiger partial charge in [0.1, 0.15) is 11.8 Å². The average molecular weight is 501 g/mol. The maximum absolute atomic E-state index is 9.73. The first-order chi connectivity index (χ1) is 18.1. The molecule has 2 heteroatoms. The molecule has 2 nitrogen and oxygen atoms in total. The molecule has 1 fully saturated rings. The van der Waals surface area contributed by atoms with Crippen molar-refractivity contribution >= 4 is 0 Å². The zero-order valence-corrected chi connectivity index (χ0v) is 24.1. The van der Waals surface area contributed by atoms with Gasteiger partial charge >= 0.3 is 0 Å². The lowest BCUT2D eigenvalue weighted by atomic mass is 9.77. The van der Waals surface area contributed by atoms with Crippen molar-refractivity contribution in [2.45, 2.75) is 136 Å². The largest absolute Gasteiger partial charge is 0.237 e. The molecule has 0 aliphatic heterocycles. The van der Waals surface area contributed by atoms with Gasteiger partial charge in [0.15, 0.2) is 0 Å². The van der Waals surface area contributed by atoms with Crippen molar-refractivity contribution in [1.29, 1.82) is 5.26 Å². The molecule has 0 radical (unpaired) electrons. The minimum absolute atomic E-state index is 0.606. The van der Waals surface area contributed by atoms with Crippen LogP contribution < -0.4 is 0 Å². The molecule has 202 valence electrons.